The van der Waals surface area contributed by atoms with Gasteiger partial charge in [0.05, 0.1) is 42.5 Å². The quantitative estimate of drug-likeness (QED) is 0.0470. The number of anilines is 3. The lowest BCUT2D eigenvalue weighted by Crippen LogP contribution is -2.47. The number of terminal acetylenes is 1. The highest BCUT2D eigenvalue weighted by Crippen LogP contribution is 2.38. The van der Waals surface area contributed by atoms with Gasteiger partial charge in [-0.1, -0.05) is 80.2 Å². The number of halogens is 4. The van der Waals surface area contributed by atoms with Crippen molar-refractivity contribution >= 4 is 100 Å². The van der Waals surface area contributed by atoms with Crippen molar-refractivity contribution < 1.29 is 57.2 Å². The van der Waals surface area contributed by atoms with Crippen molar-refractivity contribution in [1.82, 2.24) is 14.3 Å². The van der Waals surface area contributed by atoms with Crippen molar-refractivity contribution in [3.8, 4) is 23.8 Å². The fourth-order valence-corrected chi connectivity index (χ4v) is 8.72. The Morgan fingerprint density at radius 3 is 2.47 bits per heavy atom. The number of hydrogen-bond acceptors (Lipinski definition) is 12. The van der Waals surface area contributed by atoms with E-state index in [1.807, 2.05) is 67.8 Å². The second-order valence-corrected chi connectivity index (χ2v) is 20.2. The number of fused-ring (bicyclic) bond motifs is 3. The number of carboxylic acids is 1. The summed E-state index contributed by atoms with van der Waals surface area (Å²) in [4.78, 5) is 70.7. The Kier molecular flexibility index (Phi) is 21.7. The Bertz CT molecular complexity index is 2660. The molecule has 0 saturated carbocycles. The highest BCUT2D eigenvalue weighted by Gasteiger charge is 2.33. The maximum absolute atomic E-state index is 14.5. The van der Waals surface area contributed by atoms with Crippen molar-refractivity contribution in [3.63, 3.8) is 0 Å². The van der Waals surface area contributed by atoms with Gasteiger partial charge in [0.2, 0.25) is 10.7 Å². The number of ether oxygens (including phenoxy) is 3. The summed E-state index contributed by atoms with van der Waals surface area (Å²) in [5.74, 6) is 1.98. The van der Waals surface area contributed by atoms with E-state index in [0.29, 0.717) is 35.2 Å². The van der Waals surface area contributed by atoms with Gasteiger partial charge in [0, 0.05) is 37.2 Å². The van der Waals surface area contributed by atoms with Gasteiger partial charge in [0.15, 0.2) is 17.3 Å². The van der Waals surface area contributed by atoms with Gasteiger partial charge in [-0.05, 0) is 61.9 Å². The van der Waals surface area contributed by atoms with Gasteiger partial charge >= 0.3 is 13.6 Å². The van der Waals surface area contributed by atoms with Crippen LogP contribution in [-0.4, -0.2) is 110 Å². The summed E-state index contributed by atoms with van der Waals surface area (Å²) in [5.41, 5.74) is 4.52. The third kappa shape index (κ3) is 16.0. The van der Waals surface area contributed by atoms with Crippen LogP contribution in [0.15, 0.2) is 59.6 Å². The van der Waals surface area contributed by atoms with Crippen LogP contribution in [0.4, 0.5) is 27.1 Å². The third-order valence-corrected chi connectivity index (χ3v) is 12.3. The Hall–Kier alpha value is -5.07. The van der Waals surface area contributed by atoms with Crippen LogP contribution < -0.4 is 34.3 Å². The summed E-state index contributed by atoms with van der Waals surface area (Å²) in [5, 5.41) is 10.1. The maximum Gasteiger partial charge on any atom is 0.339 e. The van der Waals surface area contributed by atoms with Gasteiger partial charge in [-0.2, -0.15) is 4.37 Å². The van der Waals surface area contributed by atoms with E-state index in [4.69, 9.17) is 70.3 Å². The van der Waals surface area contributed by atoms with Crippen LogP contribution in [0.3, 0.4) is 0 Å². The van der Waals surface area contributed by atoms with Crippen LogP contribution in [0.1, 0.15) is 51.6 Å². The Balaban J connectivity index is 0.000000215. The van der Waals surface area contributed by atoms with Crippen molar-refractivity contribution in [1.29, 1.82) is 0 Å². The molecule has 380 valence electrons. The van der Waals surface area contributed by atoms with Gasteiger partial charge < -0.3 is 38.6 Å². The number of rotatable bonds is 13. The number of nitrogens with one attached hydrogen (secondary N) is 1. The van der Waals surface area contributed by atoms with E-state index in [1.54, 1.807) is 9.80 Å². The van der Waals surface area contributed by atoms with Crippen molar-refractivity contribution in [2.75, 3.05) is 66.5 Å². The highest BCUT2D eigenvalue weighted by atomic mass is 35.5. The number of carboxylic acid groups (broad SMARTS) is 1. The van der Waals surface area contributed by atoms with E-state index >= 15 is 0 Å². The van der Waals surface area contributed by atoms with Crippen LogP contribution in [-0.2, 0) is 47.9 Å². The van der Waals surface area contributed by atoms with E-state index in [2.05, 4.69) is 41.4 Å². The molecule has 1 atom stereocenters. The minimum absolute atomic E-state index is 0.0371. The first-order valence-corrected chi connectivity index (χ1v) is 25.7. The molecule has 70 heavy (non-hydrogen) atoms. The molecular weight excluding hydrogens is 1010 g/mol. The maximum atomic E-state index is 14.5. The van der Waals surface area contributed by atoms with Crippen molar-refractivity contribution in [2.45, 2.75) is 71.8 Å². The molecule has 24 heteroatoms. The van der Waals surface area contributed by atoms with Gasteiger partial charge in [0.1, 0.15) is 42.2 Å². The minimum atomic E-state index is -4.10. The zero-order valence-electron chi connectivity index (χ0n) is 39.4. The average Bonchev–Trinajstić information content (AvgIpc) is 3.82. The van der Waals surface area contributed by atoms with Crippen LogP contribution >= 0.6 is 53.9 Å². The van der Waals surface area contributed by atoms with E-state index in [9.17, 15) is 28.1 Å². The highest BCUT2D eigenvalue weighted by molar-refractivity contribution is 7.51. The number of aryl methyl sites for hydroxylation is 2. The Labute approximate surface area is 424 Å². The van der Waals surface area contributed by atoms with Crippen molar-refractivity contribution in [2.24, 2.45) is 10.4 Å². The predicted molar refractivity (Wildman–Crippen MR) is 268 cm³/mol. The zero-order chi connectivity index (χ0) is 51.9. The van der Waals surface area contributed by atoms with Crippen LogP contribution in [0.5, 0.6) is 11.5 Å². The Morgan fingerprint density at radius 2 is 1.84 bits per heavy atom. The number of carbonyl (C=O) groups excluding carboxylic acids is 3. The molecule has 0 saturated heterocycles. The summed E-state index contributed by atoms with van der Waals surface area (Å²) >= 11 is 18.2. The smallest absolute Gasteiger partial charge is 0.339 e. The molecule has 0 fully saturated rings. The fourth-order valence-electron chi connectivity index (χ4n) is 7.20. The number of benzene rings is 3. The molecule has 18 nitrogen and oxygen atoms in total. The van der Waals surface area contributed by atoms with E-state index in [1.165, 1.54) is 28.6 Å². The second kappa shape index (κ2) is 26.4. The number of hydrogen-bond donors (Lipinski definition) is 4. The number of amides is 3. The number of nitrogens with zero attached hydrogens (tertiary/aromatic N) is 6. The number of para-hydroxylation sites is 3. The minimum Gasteiger partial charge on any atom is -0.489 e. The van der Waals surface area contributed by atoms with Crippen LogP contribution in [0, 0.1) is 30.5 Å². The molecule has 0 radical (unpaired) electrons. The largest absolute Gasteiger partial charge is 0.489 e. The van der Waals surface area contributed by atoms with Gasteiger partial charge in [-0.25, -0.2) is 9.38 Å². The normalized spacial score (nSPS) is 15.5. The predicted octanol–water partition coefficient (Wildman–Crippen LogP) is 6.78. The molecule has 0 aliphatic carbocycles. The molecule has 3 aromatic carbocycles. The monoisotopic (exact) mass is 1070 g/mol. The molecule has 3 aliphatic rings. The van der Waals surface area contributed by atoms with Crippen LogP contribution in [0.25, 0.3) is 0 Å². The summed E-state index contributed by atoms with van der Waals surface area (Å²) in [6.07, 6.45) is 6.49. The molecule has 3 amide bonds. The molecule has 0 bridgehead atoms. The zero-order valence-corrected chi connectivity index (χ0v) is 43.3. The second-order valence-electron chi connectivity index (χ2n) is 16.5. The van der Waals surface area contributed by atoms with Crippen molar-refractivity contribution in [3.05, 3.63) is 82.2 Å². The first kappa shape index (κ1) is 57.5. The molecule has 4 N–H and O–H groups in total. The van der Waals surface area contributed by atoms with Gasteiger partial charge in [-0.15, -0.1) is 18.0 Å². The molecular formula is C46H56Cl3FN7O11PS. The Morgan fingerprint density at radius 1 is 1.13 bits per heavy atom. The molecule has 4 aromatic rings. The molecule has 3 aliphatic heterocycles. The van der Waals surface area contributed by atoms with Gasteiger partial charge in [-0.3, -0.25) is 38.9 Å². The van der Waals surface area contributed by atoms with E-state index < -0.39 is 37.0 Å². The lowest BCUT2D eigenvalue weighted by molar-refractivity contribution is -0.136. The van der Waals surface area contributed by atoms with Crippen LogP contribution in [0.2, 0.25) is 0 Å². The lowest BCUT2D eigenvalue weighted by atomic mass is 9.92. The summed E-state index contributed by atoms with van der Waals surface area (Å²) in [7, 11) is -4.10. The summed E-state index contributed by atoms with van der Waals surface area (Å²) < 4.78 is 47.3. The van der Waals surface area contributed by atoms with Gasteiger partial charge in [0.25, 0.3) is 11.8 Å². The fraction of sp³-hybridized carbons (Fsp3) is 0.435. The number of carbonyl (C=O) groups is 4. The summed E-state index contributed by atoms with van der Waals surface area (Å²) in [6, 6.07) is 16.1. The molecule has 1 unspecified atom stereocenters. The number of aliphatic carboxylic acids is 1. The first-order valence-electron chi connectivity index (χ1n) is 21.7. The van der Waals surface area contributed by atoms with E-state index in [0.717, 1.165) is 47.7 Å². The standard InChI is InChI=1S/C18H17FN4O2S.C14H20ClNO2.C11H11Cl2NO2.C3H8NO5P/c1-4-5-22-13-7-12(11(19)6-14(13)25-9-16(22)24)20-17-23-10-18(2,3)8-15(23)21-26-17;1-4-12-8-6-7-11(3)14(12)16(10-18-5-2)13(17)9-15;1-7-6-16-9-5-3-2-4-8(9)14(7)11(15)10(12)13;5-3(6)1-4-2-10(7,8)9/h1,6-7H,5,8-10H2,2-3H3;6-8H,4-5,9-10H2,1-3H3;2-5,7,10H,6H2,1H3;4H,1-2H2,(H,5,6)(H2,7,8,9)/b20-17-;;;. The topological polar surface area (TPSA) is 226 Å². The first-order chi connectivity index (χ1) is 33.1. The average molecular weight is 1070 g/mol. The number of alkyl halides is 3. The van der Waals surface area contributed by atoms with E-state index in [-0.39, 0.29) is 60.6 Å². The molecule has 1 aromatic heterocycles. The lowest BCUT2D eigenvalue weighted by Gasteiger charge is -2.35. The molecule has 4 heterocycles. The molecule has 7 rings (SSSR count). The molecule has 0 spiro atoms. The SMILES string of the molecule is C#CCN1C(=O)COc2cc(F)c(/N=c3\snc4n3CC(C)(C)C4)cc21.CC1COc2ccccc2N1C(=O)C(Cl)Cl.CCOCN(C(=O)CCl)c1c(C)cccc1CC.O=C(O)CNCP(=O)(O)O. The third-order valence-electron chi connectivity index (χ3n) is 10.3. The summed E-state index contributed by atoms with van der Waals surface area (Å²) in [6.45, 7) is 13.7. The number of aromatic nitrogens is 2.